The highest BCUT2D eigenvalue weighted by molar-refractivity contribution is 5.78. The largest absolute Gasteiger partial charge is 0.480 e. The first-order valence-electron chi connectivity index (χ1n) is 6.08. The second-order valence-corrected chi connectivity index (χ2v) is 4.98. The topological polar surface area (TPSA) is 69.6 Å². The van der Waals surface area contributed by atoms with Gasteiger partial charge in [0.05, 0.1) is 5.60 Å². The van der Waals surface area contributed by atoms with Gasteiger partial charge in [-0.15, -0.1) is 0 Å². The Morgan fingerprint density at radius 3 is 2.28 bits per heavy atom. The Morgan fingerprint density at radius 1 is 1.28 bits per heavy atom. The molecule has 0 radical (unpaired) electrons. The summed E-state index contributed by atoms with van der Waals surface area (Å²) in [6, 6.07) is 9.22. The molecule has 0 heterocycles. The van der Waals surface area contributed by atoms with E-state index in [0.29, 0.717) is 6.42 Å². The van der Waals surface area contributed by atoms with Crippen molar-refractivity contribution in [2.75, 3.05) is 6.54 Å². The van der Waals surface area contributed by atoms with E-state index >= 15 is 0 Å². The summed E-state index contributed by atoms with van der Waals surface area (Å²) in [5.41, 5.74) is -1.34. The SMILES string of the molecule is CCC(C)(NCC(C)(O)c1ccccc1)C(=O)O. The van der Waals surface area contributed by atoms with E-state index in [9.17, 15) is 9.90 Å². The Bertz CT molecular complexity index is 403. The van der Waals surface area contributed by atoms with Crippen LogP contribution in [0, 0.1) is 0 Å². The molecule has 1 aromatic carbocycles. The van der Waals surface area contributed by atoms with Gasteiger partial charge in [-0.3, -0.25) is 10.1 Å². The van der Waals surface area contributed by atoms with E-state index in [-0.39, 0.29) is 6.54 Å². The average molecular weight is 251 g/mol. The molecule has 0 spiro atoms. The first kappa shape index (κ1) is 14.7. The van der Waals surface area contributed by atoms with Gasteiger partial charge >= 0.3 is 5.97 Å². The third-order valence-electron chi connectivity index (χ3n) is 3.40. The minimum absolute atomic E-state index is 0.188. The predicted octanol–water partition coefficient (Wildman–Crippen LogP) is 1.74. The van der Waals surface area contributed by atoms with Crippen LogP contribution >= 0.6 is 0 Å². The Kier molecular flexibility index (Phi) is 4.48. The number of carboxylic acids is 1. The average Bonchev–Trinajstić information content (AvgIpc) is 2.37. The molecule has 18 heavy (non-hydrogen) atoms. The van der Waals surface area contributed by atoms with Crippen LogP contribution in [-0.2, 0) is 10.4 Å². The molecule has 0 bridgehead atoms. The highest BCUT2D eigenvalue weighted by Crippen LogP contribution is 2.21. The summed E-state index contributed by atoms with van der Waals surface area (Å²) in [6.07, 6.45) is 0.452. The number of rotatable bonds is 6. The number of nitrogens with one attached hydrogen (secondary N) is 1. The van der Waals surface area contributed by atoms with Gasteiger partial charge in [0.25, 0.3) is 0 Å². The third kappa shape index (κ3) is 3.31. The zero-order valence-corrected chi connectivity index (χ0v) is 11.1. The molecule has 0 aliphatic rings. The van der Waals surface area contributed by atoms with Crippen molar-refractivity contribution in [1.29, 1.82) is 0 Å². The van der Waals surface area contributed by atoms with Gasteiger partial charge in [0.1, 0.15) is 5.54 Å². The fraction of sp³-hybridized carbons (Fsp3) is 0.500. The lowest BCUT2D eigenvalue weighted by atomic mass is 9.93. The summed E-state index contributed by atoms with van der Waals surface area (Å²) in [4.78, 5) is 11.2. The lowest BCUT2D eigenvalue weighted by Gasteiger charge is -2.31. The molecule has 100 valence electrons. The second-order valence-electron chi connectivity index (χ2n) is 4.98. The Hall–Kier alpha value is -1.39. The summed E-state index contributed by atoms with van der Waals surface area (Å²) in [6.45, 7) is 5.29. The smallest absolute Gasteiger partial charge is 0.323 e. The van der Waals surface area contributed by atoms with Crippen molar-refractivity contribution in [3.8, 4) is 0 Å². The van der Waals surface area contributed by atoms with Crippen LogP contribution in [0.3, 0.4) is 0 Å². The van der Waals surface area contributed by atoms with Gasteiger partial charge in [0.2, 0.25) is 0 Å². The van der Waals surface area contributed by atoms with Gasteiger partial charge in [-0.1, -0.05) is 37.3 Å². The van der Waals surface area contributed by atoms with Gasteiger partial charge in [0.15, 0.2) is 0 Å². The van der Waals surface area contributed by atoms with E-state index < -0.39 is 17.1 Å². The van der Waals surface area contributed by atoms with Crippen LogP contribution in [0.25, 0.3) is 0 Å². The summed E-state index contributed by atoms with van der Waals surface area (Å²) in [5.74, 6) is -0.908. The maximum Gasteiger partial charge on any atom is 0.323 e. The molecule has 2 unspecified atom stereocenters. The number of benzene rings is 1. The van der Waals surface area contributed by atoms with E-state index in [1.165, 1.54) is 0 Å². The Morgan fingerprint density at radius 2 is 1.83 bits per heavy atom. The molecular weight excluding hydrogens is 230 g/mol. The summed E-state index contributed by atoms with van der Waals surface area (Å²) < 4.78 is 0. The first-order chi connectivity index (χ1) is 8.32. The molecule has 1 rings (SSSR count). The van der Waals surface area contributed by atoms with Crippen LogP contribution in [0.15, 0.2) is 30.3 Å². The zero-order valence-electron chi connectivity index (χ0n) is 11.1. The fourth-order valence-electron chi connectivity index (χ4n) is 1.62. The molecule has 4 nitrogen and oxygen atoms in total. The minimum Gasteiger partial charge on any atom is -0.480 e. The van der Waals surface area contributed by atoms with Crippen molar-refractivity contribution in [2.45, 2.75) is 38.3 Å². The molecular formula is C14H21NO3. The number of carbonyl (C=O) groups is 1. The minimum atomic E-state index is -1.09. The number of aliphatic hydroxyl groups is 1. The number of carboxylic acid groups (broad SMARTS) is 1. The van der Waals surface area contributed by atoms with Crippen molar-refractivity contribution in [1.82, 2.24) is 5.32 Å². The maximum atomic E-state index is 11.2. The van der Waals surface area contributed by atoms with Crippen molar-refractivity contribution < 1.29 is 15.0 Å². The molecule has 0 fully saturated rings. The van der Waals surface area contributed by atoms with Crippen molar-refractivity contribution in [3.05, 3.63) is 35.9 Å². The molecule has 0 saturated carbocycles. The Balaban J connectivity index is 2.76. The Labute approximate surface area is 108 Å². The van der Waals surface area contributed by atoms with Gasteiger partial charge in [-0.05, 0) is 25.8 Å². The standard InChI is InChI=1S/C14H21NO3/c1-4-13(2,12(16)17)15-10-14(3,18)11-8-6-5-7-9-11/h5-9,15,18H,4,10H2,1-3H3,(H,16,17). The van der Waals surface area contributed by atoms with Crippen LogP contribution in [0.5, 0.6) is 0 Å². The predicted molar refractivity (Wildman–Crippen MR) is 70.3 cm³/mol. The molecule has 0 aromatic heterocycles. The highest BCUT2D eigenvalue weighted by Gasteiger charge is 2.33. The normalized spacial score (nSPS) is 17.8. The number of hydrogen-bond donors (Lipinski definition) is 3. The summed E-state index contributed by atoms with van der Waals surface area (Å²) >= 11 is 0. The molecule has 0 aliphatic carbocycles. The molecule has 0 amide bonds. The lowest BCUT2D eigenvalue weighted by Crippen LogP contribution is -2.53. The monoisotopic (exact) mass is 251 g/mol. The molecule has 4 heteroatoms. The highest BCUT2D eigenvalue weighted by atomic mass is 16.4. The van der Waals surface area contributed by atoms with Gasteiger partial charge in [-0.2, -0.15) is 0 Å². The first-order valence-corrected chi connectivity index (χ1v) is 6.08. The molecule has 0 aliphatic heterocycles. The molecule has 1 aromatic rings. The lowest BCUT2D eigenvalue weighted by molar-refractivity contribution is -0.144. The van der Waals surface area contributed by atoms with Crippen LogP contribution in [-0.4, -0.2) is 28.3 Å². The van der Waals surface area contributed by atoms with E-state index in [1.807, 2.05) is 30.3 Å². The van der Waals surface area contributed by atoms with Gasteiger partial charge in [0, 0.05) is 6.54 Å². The molecule has 0 saturated heterocycles. The van der Waals surface area contributed by atoms with Crippen molar-refractivity contribution in [2.24, 2.45) is 0 Å². The van der Waals surface area contributed by atoms with E-state index in [4.69, 9.17) is 5.11 Å². The van der Waals surface area contributed by atoms with Gasteiger partial charge < -0.3 is 10.2 Å². The summed E-state index contributed by atoms with van der Waals surface area (Å²) in [7, 11) is 0. The quantitative estimate of drug-likeness (QED) is 0.720. The number of aliphatic carboxylic acids is 1. The number of β-amino-alcohol motifs (C(OH)–C–C–N with tert-alkyl or cyclic N) is 1. The second kappa shape index (κ2) is 5.50. The van der Waals surface area contributed by atoms with Crippen molar-refractivity contribution in [3.63, 3.8) is 0 Å². The molecule has 2 atom stereocenters. The van der Waals surface area contributed by atoms with Crippen molar-refractivity contribution >= 4 is 5.97 Å². The fourth-order valence-corrected chi connectivity index (χ4v) is 1.62. The van der Waals surface area contributed by atoms with Crippen LogP contribution in [0.1, 0.15) is 32.8 Å². The van der Waals surface area contributed by atoms with Crippen LogP contribution in [0.2, 0.25) is 0 Å². The van der Waals surface area contributed by atoms with Gasteiger partial charge in [-0.25, -0.2) is 0 Å². The van der Waals surface area contributed by atoms with Crippen LogP contribution < -0.4 is 5.32 Å². The molecule has 3 N–H and O–H groups in total. The van der Waals surface area contributed by atoms with Crippen LogP contribution in [0.4, 0.5) is 0 Å². The van der Waals surface area contributed by atoms with E-state index in [0.717, 1.165) is 5.56 Å². The van der Waals surface area contributed by atoms with E-state index in [1.54, 1.807) is 20.8 Å². The summed E-state index contributed by atoms with van der Waals surface area (Å²) in [5, 5.41) is 22.5. The maximum absolute atomic E-state index is 11.2. The third-order valence-corrected chi connectivity index (χ3v) is 3.40. The number of hydrogen-bond acceptors (Lipinski definition) is 3. The zero-order chi connectivity index (χ0) is 13.8. The van der Waals surface area contributed by atoms with E-state index in [2.05, 4.69) is 5.32 Å².